The summed E-state index contributed by atoms with van der Waals surface area (Å²) in [7, 11) is 0. The molecule has 140 valence electrons. The number of nitrogens with one attached hydrogen (secondary N) is 1. The molecule has 3 aromatic rings. The third kappa shape index (κ3) is 3.59. The average molecular weight is 390 g/mol. The van der Waals surface area contributed by atoms with Gasteiger partial charge in [-0.3, -0.25) is 19.3 Å². The highest BCUT2D eigenvalue weighted by Crippen LogP contribution is 2.26. The van der Waals surface area contributed by atoms with E-state index >= 15 is 0 Å². The molecule has 6 heteroatoms. The molecule has 5 nitrogen and oxygen atoms in total. The van der Waals surface area contributed by atoms with Crippen molar-refractivity contribution >= 4 is 29.1 Å². The number of fused-ring (bicyclic) bond motifs is 1. The first kappa shape index (κ1) is 18.1. The number of amides is 3. The lowest BCUT2D eigenvalue weighted by molar-refractivity contribution is -0.133. The van der Waals surface area contributed by atoms with Crippen molar-refractivity contribution in [3.8, 4) is 0 Å². The largest absolute Gasteiger partial charge is 0.343 e. The smallest absolute Gasteiger partial charge is 0.261 e. The van der Waals surface area contributed by atoms with E-state index < -0.39 is 5.91 Å². The van der Waals surface area contributed by atoms with Crippen LogP contribution in [-0.4, -0.2) is 29.2 Å². The fraction of sp³-hybridized carbons (Fsp3) is 0.136. The van der Waals surface area contributed by atoms with E-state index in [0.29, 0.717) is 11.1 Å². The van der Waals surface area contributed by atoms with E-state index in [1.807, 2.05) is 47.8 Å². The molecule has 28 heavy (non-hydrogen) atoms. The van der Waals surface area contributed by atoms with Gasteiger partial charge in [0.2, 0.25) is 11.8 Å². The lowest BCUT2D eigenvalue weighted by Crippen LogP contribution is -2.48. The third-order valence-corrected chi connectivity index (χ3v) is 5.64. The molecule has 0 bridgehead atoms. The number of carbonyl (C=O) groups is 3. The van der Waals surface area contributed by atoms with Crippen LogP contribution in [0.2, 0.25) is 0 Å². The van der Waals surface area contributed by atoms with E-state index in [1.165, 1.54) is 0 Å². The molecule has 1 aromatic heterocycles. The zero-order valence-corrected chi connectivity index (χ0v) is 15.8. The summed E-state index contributed by atoms with van der Waals surface area (Å²) in [5.74, 6) is -1.15. The highest BCUT2D eigenvalue weighted by atomic mass is 32.1. The van der Waals surface area contributed by atoms with Gasteiger partial charge in [-0.25, -0.2) is 0 Å². The molecule has 2 aromatic carbocycles. The van der Waals surface area contributed by atoms with Crippen LogP contribution >= 0.6 is 11.3 Å². The first-order chi connectivity index (χ1) is 13.6. The van der Waals surface area contributed by atoms with Gasteiger partial charge >= 0.3 is 0 Å². The molecule has 4 rings (SSSR count). The Balaban J connectivity index is 1.53. The molecule has 0 fully saturated rings. The third-order valence-electron chi connectivity index (χ3n) is 4.70. The Kier molecular flexibility index (Phi) is 5.04. The maximum absolute atomic E-state index is 12.7. The van der Waals surface area contributed by atoms with Crippen molar-refractivity contribution < 1.29 is 14.4 Å². The number of benzene rings is 2. The van der Waals surface area contributed by atoms with Crippen LogP contribution in [0.1, 0.15) is 32.4 Å². The van der Waals surface area contributed by atoms with Crippen molar-refractivity contribution in [2.75, 3.05) is 6.54 Å². The molecule has 3 amide bonds. The van der Waals surface area contributed by atoms with Gasteiger partial charge in [-0.2, -0.15) is 0 Å². The number of carbonyl (C=O) groups excluding carboxylic acids is 3. The van der Waals surface area contributed by atoms with Crippen molar-refractivity contribution in [1.82, 2.24) is 10.2 Å². The number of hydrogen-bond donors (Lipinski definition) is 1. The fourth-order valence-electron chi connectivity index (χ4n) is 3.33. The van der Waals surface area contributed by atoms with E-state index in [-0.39, 0.29) is 30.8 Å². The van der Waals surface area contributed by atoms with Crippen LogP contribution in [0.3, 0.4) is 0 Å². The Labute approximate surface area is 166 Å². The topological polar surface area (TPSA) is 66.5 Å². The number of nitrogens with zero attached hydrogens (tertiary/aromatic N) is 1. The molecule has 2 heterocycles. The molecule has 0 spiro atoms. The molecule has 0 unspecified atom stereocenters. The van der Waals surface area contributed by atoms with Gasteiger partial charge in [-0.05, 0) is 28.6 Å². The van der Waals surface area contributed by atoms with Crippen LogP contribution in [0.5, 0.6) is 0 Å². The minimum atomic E-state index is -0.422. The maximum Gasteiger partial charge on any atom is 0.261 e. The molecule has 0 radical (unpaired) electrons. The number of rotatable bonds is 5. The molecule has 0 saturated heterocycles. The van der Waals surface area contributed by atoms with Gasteiger partial charge < -0.3 is 5.32 Å². The monoisotopic (exact) mass is 390 g/mol. The van der Waals surface area contributed by atoms with Crippen molar-refractivity contribution in [1.29, 1.82) is 0 Å². The summed E-state index contributed by atoms with van der Waals surface area (Å²) >= 11 is 1.54. The second-order valence-corrected chi connectivity index (χ2v) is 7.52. The van der Waals surface area contributed by atoms with E-state index in [4.69, 9.17) is 0 Å². The van der Waals surface area contributed by atoms with Crippen LogP contribution in [0.25, 0.3) is 0 Å². The molecule has 0 saturated carbocycles. The molecular weight excluding hydrogens is 372 g/mol. The molecule has 1 aliphatic rings. The van der Waals surface area contributed by atoms with Crippen LogP contribution in [-0.2, 0) is 16.0 Å². The zero-order valence-electron chi connectivity index (χ0n) is 15.0. The van der Waals surface area contributed by atoms with Crippen molar-refractivity contribution in [2.24, 2.45) is 0 Å². The first-order valence-electron chi connectivity index (χ1n) is 8.94. The summed E-state index contributed by atoms with van der Waals surface area (Å²) in [6.07, 6.45) is 0.127. The molecule has 1 N–H and O–H groups in total. The standard InChI is InChI=1S/C22H18N2O3S/c25-19(14-24-20(26)13-16-9-4-5-10-17(16)22(24)27)23-21(18-11-6-12-28-18)15-7-2-1-3-8-15/h1-12,21H,13-14H2,(H,23,25)/t21-/m1/s1. The Morgan fingerprint density at radius 1 is 1.00 bits per heavy atom. The number of hydrogen-bond acceptors (Lipinski definition) is 4. The summed E-state index contributed by atoms with van der Waals surface area (Å²) in [6, 6.07) is 20.2. The predicted octanol–water partition coefficient (Wildman–Crippen LogP) is 3.18. The summed E-state index contributed by atoms with van der Waals surface area (Å²) < 4.78 is 0. The quantitative estimate of drug-likeness (QED) is 0.681. The Morgan fingerprint density at radius 2 is 1.75 bits per heavy atom. The molecular formula is C22H18N2O3S. The van der Waals surface area contributed by atoms with Crippen LogP contribution in [0.4, 0.5) is 0 Å². The minimum Gasteiger partial charge on any atom is -0.343 e. The molecule has 1 atom stereocenters. The second-order valence-electron chi connectivity index (χ2n) is 6.55. The summed E-state index contributed by atoms with van der Waals surface area (Å²) in [4.78, 5) is 39.9. The molecule has 0 aliphatic carbocycles. The number of thiophene rings is 1. The average Bonchev–Trinajstić information content (AvgIpc) is 3.24. The Hall–Kier alpha value is -3.25. The van der Waals surface area contributed by atoms with Gasteiger partial charge in [0.1, 0.15) is 6.54 Å². The Morgan fingerprint density at radius 3 is 2.50 bits per heavy atom. The maximum atomic E-state index is 12.7. The minimum absolute atomic E-state index is 0.127. The summed E-state index contributed by atoms with van der Waals surface area (Å²) in [6.45, 7) is -0.291. The van der Waals surface area contributed by atoms with Crippen molar-refractivity contribution in [2.45, 2.75) is 12.5 Å². The lowest BCUT2D eigenvalue weighted by Gasteiger charge is -2.27. The van der Waals surface area contributed by atoms with E-state index in [2.05, 4.69) is 5.32 Å². The Bertz CT molecular complexity index is 1020. The normalized spacial score (nSPS) is 14.5. The van der Waals surface area contributed by atoms with E-state index in [0.717, 1.165) is 15.3 Å². The van der Waals surface area contributed by atoms with Crippen molar-refractivity contribution in [3.05, 3.63) is 93.7 Å². The summed E-state index contributed by atoms with van der Waals surface area (Å²) in [5, 5.41) is 4.92. The SMILES string of the molecule is O=C(CN1C(=O)Cc2ccccc2C1=O)N[C@H](c1ccccc1)c1cccs1. The predicted molar refractivity (Wildman–Crippen MR) is 107 cm³/mol. The van der Waals surface area contributed by atoms with E-state index in [9.17, 15) is 14.4 Å². The van der Waals surface area contributed by atoms with Gasteiger partial charge in [0.25, 0.3) is 5.91 Å². The van der Waals surface area contributed by atoms with E-state index in [1.54, 1.807) is 35.6 Å². The fourth-order valence-corrected chi connectivity index (χ4v) is 4.13. The zero-order chi connectivity index (χ0) is 19.5. The lowest BCUT2D eigenvalue weighted by atomic mass is 9.98. The van der Waals surface area contributed by atoms with Gasteiger partial charge in [-0.1, -0.05) is 54.6 Å². The van der Waals surface area contributed by atoms with Gasteiger partial charge in [-0.15, -0.1) is 11.3 Å². The highest BCUT2D eigenvalue weighted by Gasteiger charge is 2.32. The van der Waals surface area contributed by atoms with Crippen LogP contribution in [0.15, 0.2) is 72.1 Å². The first-order valence-corrected chi connectivity index (χ1v) is 9.82. The number of imide groups is 1. The van der Waals surface area contributed by atoms with Gasteiger partial charge in [0, 0.05) is 10.4 Å². The van der Waals surface area contributed by atoms with Gasteiger partial charge in [0.15, 0.2) is 0 Å². The molecule has 1 aliphatic heterocycles. The van der Waals surface area contributed by atoms with Crippen LogP contribution < -0.4 is 5.32 Å². The van der Waals surface area contributed by atoms with Crippen molar-refractivity contribution in [3.63, 3.8) is 0 Å². The summed E-state index contributed by atoms with van der Waals surface area (Å²) in [5.41, 5.74) is 2.13. The second kappa shape index (κ2) is 7.78. The van der Waals surface area contributed by atoms with Crippen LogP contribution in [0, 0.1) is 0 Å². The van der Waals surface area contributed by atoms with Gasteiger partial charge in [0.05, 0.1) is 12.5 Å². The highest BCUT2D eigenvalue weighted by molar-refractivity contribution is 7.10.